The van der Waals surface area contributed by atoms with Gasteiger partial charge in [-0.1, -0.05) is 48.5 Å². The van der Waals surface area contributed by atoms with Crippen LogP contribution in [0.4, 0.5) is 4.79 Å². The summed E-state index contributed by atoms with van der Waals surface area (Å²) in [5, 5.41) is 1.52. The van der Waals surface area contributed by atoms with Gasteiger partial charge in [0.05, 0.1) is 0 Å². The van der Waals surface area contributed by atoms with Crippen LogP contribution in [0.1, 0.15) is 51.7 Å². The largest absolute Gasteiger partial charge is 0.459 e. The summed E-state index contributed by atoms with van der Waals surface area (Å²) in [6.45, 7) is 9.36. The summed E-state index contributed by atoms with van der Waals surface area (Å²) in [5.74, 6) is -0.420. The molecule has 0 atom stereocenters. The molecule has 160 valence electrons. The van der Waals surface area contributed by atoms with E-state index in [1.54, 1.807) is 0 Å². The third kappa shape index (κ3) is 5.19. The molecule has 0 heterocycles. The molecule has 6 nitrogen and oxygen atoms in total. The normalized spacial score (nSPS) is 13.2. The predicted molar refractivity (Wildman–Crippen MR) is 116 cm³/mol. The molecule has 0 unspecified atom stereocenters. The monoisotopic (exact) mass is 410 g/mol. The van der Waals surface area contributed by atoms with Crippen LogP contribution in [0, 0.1) is 0 Å². The van der Waals surface area contributed by atoms with Crippen molar-refractivity contribution in [1.82, 2.24) is 10.4 Å². The zero-order valence-electron chi connectivity index (χ0n) is 18.3. The number of hydrazine groups is 1. The first-order valence-electron chi connectivity index (χ1n) is 10.3. The van der Waals surface area contributed by atoms with Crippen LogP contribution >= 0.6 is 0 Å². The molecule has 0 bridgehead atoms. The third-order valence-corrected chi connectivity index (χ3v) is 4.92. The van der Waals surface area contributed by atoms with Gasteiger partial charge in [-0.2, -0.15) is 0 Å². The van der Waals surface area contributed by atoms with Crippen LogP contribution in [0.3, 0.4) is 0 Å². The van der Waals surface area contributed by atoms with Crippen LogP contribution in [0.25, 0.3) is 11.1 Å². The Morgan fingerprint density at radius 2 is 1.53 bits per heavy atom. The Bertz CT molecular complexity index is 872. The molecular weight excluding hydrogens is 380 g/mol. The second-order valence-electron chi connectivity index (χ2n) is 8.75. The number of hydrogen-bond donors (Lipinski definition) is 1. The number of rotatable bonds is 6. The minimum absolute atomic E-state index is 0.0125. The first-order valence-corrected chi connectivity index (χ1v) is 10.3. The van der Waals surface area contributed by atoms with Crippen molar-refractivity contribution in [2.24, 2.45) is 0 Å². The Hall–Kier alpha value is -2.86. The van der Waals surface area contributed by atoms with Crippen molar-refractivity contribution >= 4 is 12.1 Å². The van der Waals surface area contributed by atoms with Crippen LogP contribution in [-0.4, -0.2) is 41.9 Å². The van der Waals surface area contributed by atoms with Gasteiger partial charge < -0.3 is 9.47 Å². The van der Waals surface area contributed by atoms with Crippen molar-refractivity contribution in [2.45, 2.75) is 52.2 Å². The van der Waals surface area contributed by atoms with Gasteiger partial charge in [0.2, 0.25) is 0 Å². The maximum absolute atomic E-state index is 12.5. The summed E-state index contributed by atoms with van der Waals surface area (Å²) >= 11 is 0. The number of nitrogens with one attached hydrogen (secondary N) is 1. The van der Waals surface area contributed by atoms with Gasteiger partial charge in [-0.3, -0.25) is 10.2 Å². The molecule has 0 fully saturated rings. The maximum Gasteiger partial charge on any atom is 0.421 e. The molecule has 2 aromatic rings. The molecule has 0 saturated heterocycles. The highest BCUT2D eigenvalue weighted by Crippen LogP contribution is 2.44. The highest BCUT2D eigenvalue weighted by atomic mass is 16.6. The molecule has 1 aliphatic rings. The fraction of sp³-hybridized carbons (Fsp3) is 0.417. The van der Waals surface area contributed by atoms with E-state index in [2.05, 4.69) is 29.7 Å². The Labute approximate surface area is 178 Å². The maximum atomic E-state index is 12.5. The van der Waals surface area contributed by atoms with Crippen LogP contribution in [0.2, 0.25) is 0 Å². The molecule has 1 N–H and O–H groups in total. The van der Waals surface area contributed by atoms with E-state index in [1.807, 2.05) is 58.9 Å². The smallest absolute Gasteiger partial charge is 0.421 e. The zero-order valence-corrected chi connectivity index (χ0v) is 18.3. The second kappa shape index (κ2) is 8.88. The fourth-order valence-electron chi connectivity index (χ4n) is 3.61. The lowest BCUT2D eigenvalue weighted by molar-refractivity contribution is -0.157. The van der Waals surface area contributed by atoms with Crippen LogP contribution < -0.4 is 5.43 Å². The molecular formula is C24H30N2O4. The van der Waals surface area contributed by atoms with Crippen molar-refractivity contribution in [1.29, 1.82) is 0 Å². The molecule has 0 aliphatic heterocycles. The zero-order chi connectivity index (χ0) is 21.9. The fourth-order valence-corrected chi connectivity index (χ4v) is 3.61. The van der Waals surface area contributed by atoms with Gasteiger partial charge in [-0.15, -0.1) is 0 Å². The summed E-state index contributed by atoms with van der Waals surface area (Å²) < 4.78 is 10.9. The summed E-state index contributed by atoms with van der Waals surface area (Å²) in [6.07, 6.45) is -0.589. The Morgan fingerprint density at radius 1 is 1.00 bits per heavy atom. The second-order valence-corrected chi connectivity index (χ2v) is 8.75. The Balaban J connectivity index is 1.63. The number of fused-ring (bicyclic) bond motifs is 3. The average molecular weight is 411 g/mol. The van der Waals surface area contributed by atoms with E-state index < -0.39 is 17.7 Å². The van der Waals surface area contributed by atoms with E-state index in [4.69, 9.17) is 9.47 Å². The molecule has 3 rings (SSSR count). The molecule has 0 aromatic heterocycles. The van der Waals surface area contributed by atoms with E-state index in [-0.39, 0.29) is 25.1 Å². The lowest BCUT2D eigenvalue weighted by Crippen LogP contribution is -2.50. The highest BCUT2D eigenvalue weighted by Gasteiger charge is 2.29. The van der Waals surface area contributed by atoms with Crippen molar-refractivity contribution < 1.29 is 19.1 Å². The molecule has 1 aliphatic carbocycles. The lowest BCUT2D eigenvalue weighted by Gasteiger charge is -2.28. The third-order valence-electron chi connectivity index (χ3n) is 4.92. The summed E-state index contributed by atoms with van der Waals surface area (Å²) in [5.41, 5.74) is 6.76. The molecule has 1 amide bonds. The molecule has 0 saturated carbocycles. The lowest BCUT2D eigenvalue weighted by atomic mass is 9.98. The van der Waals surface area contributed by atoms with Gasteiger partial charge in [0.25, 0.3) is 0 Å². The number of hydrogen-bond acceptors (Lipinski definition) is 5. The van der Waals surface area contributed by atoms with Crippen LogP contribution in [0.5, 0.6) is 0 Å². The number of esters is 1. The van der Waals surface area contributed by atoms with E-state index in [9.17, 15) is 9.59 Å². The highest BCUT2D eigenvalue weighted by molar-refractivity contribution is 5.79. The minimum Gasteiger partial charge on any atom is -0.459 e. The van der Waals surface area contributed by atoms with Gasteiger partial charge in [-0.05, 0) is 56.9 Å². The van der Waals surface area contributed by atoms with Gasteiger partial charge >= 0.3 is 12.1 Å². The Kier molecular flexibility index (Phi) is 6.46. The van der Waals surface area contributed by atoms with Gasteiger partial charge in [0.15, 0.2) is 0 Å². The Morgan fingerprint density at radius 3 is 2.03 bits per heavy atom. The topological polar surface area (TPSA) is 67.9 Å². The number of carbonyl (C=O) groups excluding carboxylic acids is 2. The van der Waals surface area contributed by atoms with Gasteiger partial charge in [-0.25, -0.2) is 9.80 Å². The molecule has 6 heteroatoms. The number of nitrogens with zero attached hydrogens (tertiary/aromatic N) is 1. The number of carbonyl (C=O) groups is 2. The van der Waals surface area contributed by atoms with Crippen LogP contribution in [-0.2, 0) is 14.3 Å². The first-order chi connectivity index (χ1) is 14.2. The number of ether oxygens (including phenoxy) is 2. The quantitative estimate of drug-likeness (QED) is 0.561. The van der Waals surface area contributed by atoms with Gasteiger partial charge in [0, 0.05) is 12.0 Å². The summed E-state index contributed by atoms with van der Waals surface area (Å²) in [4.78, 5) is 24.6. The van der Waals surface area contributed by atoms with E-state index in [1.165, 1.54) is 16.1 Å². The molecule has 2 aromatic carbocycles. The van der Waals surface area contributed by atoms with Crippen molar-refractivity contribution in [3.05, 3.63) is 59.7 Å². The summed E-state index contributed by atoms with van der Waals surface area (Å²) in [6, 6.07) is 16.3. The summed E-state index contributed by atoms with van der Waals surface area (Å²) in [7, 11) is 0. The number of amides is 1. The van der Waals surface area contributed by atoms with E-state index >= 15 is 0 Å². The van der Waals surface area contributed by atoms with Crippen molar-refractivity contribution in [3.8, 4) is 11.1 Å². The number of benzene rings is 2. The predicted octanol–water partition coefficient (Wildman–Crippen LogP) is 4.49. The van der Waals surface area contributed by atoms with E-state index in [0.717, 1.165) is 11.1 Å². The minimum atomic E-state index is -0.589. The molecule has 0 radical (unpaired) electrons. The van der Waals surface area contributed by atoms with Crippen LogP contribution in [0.15, 0.2) is 48.5 Å². The van der Waals surface area contributed by atoms with Gasteiger partial charge in [0.1, 0.15) is 18.8 Å². The molecule has 0 spiro atoms. The molecule has 30 heavy (non-hydrogen) atoms. The van der Waals surface area contributed by atoms with Crippen molar-refractivity contribution in [3.63, 3.8) is 0 Å². The van der Waals surface area contributed by atoms with E-state index in [0.29, 0.717) is 0 Å². The first kappa shape index (κ1) is 21.8. The average Bonchev–Trinajstić information content (AvgIpc) is 2.98. The standard InChI is InChI=1S/C24H30N2O4/c1-16(2)26(14-22(27)30-24(3,4)5)25-23(28)29-15-21-19-12-8-6-10-17(19)18-11-7-9-13-20(18)21/h6-13,16,21H,14-15H2,1-5H3,(H,25,28). The van der Waals surface area contributed by atoms with Crippen molar-refractivity contribution in [2.75, 3.05) is 13.2 Å². The SMILES string of the molecule is CC(C)N(CC(=O)OC(C)(C)C)NC(=O)OCC1c2ccccc2-c2ccccc21.